The molecule has 0 aliphatic rings. The smallest absolute Gasteiger partial charge is 0.144 e. The molecule has 1 N–H and O–H groups in total. The summed E-state index contributed by atoms with van der Waals surface area (Å²) in [5, 5.41) is 15.2. The Hall–Kier alpha value is -4.27. The van der Waals surface area contributed by atoms with Crippen molar-refractivity contribution in [2.24, 2.45) is 0 Å². The van der Waals surface area contributed by atoms with Crippen LogP contribution in [0, 0.1) is 6.07 Å². The summed E-state index contributed by atoms with van der Waals surface area (Å²) in [4.78, 5) is 9.83. The Labute approximate surface area is 253 Å². The van der Waals surface area contributed by atoms with Crippen molar-refractivity contribution in [3.05, 3.63) is 121 Å². The molecule has 0 saturated carbocycles. The van der Waals surface area contributed by atoms with Gasteiger partial charge in [-0.2, -0.15) is 0 Å². The van der Waals surface area contributed by atoms with Gasteiger partial charge in [0.05, 0.1) is 11.2 Å². The van der Waals surface area contributed by atoms with Crippen LogP contribution < -0.4 is 0 Å². The second-order valence-electron chi connectivity index (χ2n) is 11.2. The molecule has 4 nitrogen and oxygen atoms in total. The molecule has 0 atom stereocenters. The summed E-state index contributed by atoms with van der Waals surface area (Å²) in [7, 11) is 0. The summed E-state index contributed by atoms with van der Waals surface area (Å²) in [5.74, 6) is 0.220. The molecular weight excluding hydrogens is 685 g/mol. The second kappa shape index (κ2) is 10.3. The van der Waals surface area contributed by atoms with Crippen LogP contribution in [0.15, 0.2) is 109 Å². The number of nitrogens with zero attached hydrogens (tertiary/aromatic N) is 3. The van der Waals surface area contributed by atoms with Crippen molar-refractivity contribution in [3.63, 3.8) is 0 Å². The van der Waals surface area contributed by atoms with Crippen molar-refractivity contribution in [3.8, 4) is 34.0 Å². The number of rotatable bonds is 3. The van der Waals surface area contributed by atoms with Gasteiger partial charge in [-0.1, -0.05) is 92.2 Å². The SMILES string of the molecule is CC(C)(C)c1ccc(O)c(-c2cccc(-c3[c-]c(-n4c5ccccc5c5cccnc54)c4ccccc4c3)n2)c1.[Pt]. The second-order valence-corrected chi connectivity index (χ2v) is 11.2. The van der Waals surface area contributed by atoms with Crippen LogP contribution in [-0.2, 0) is 26.5 Å². The molecule has 0 aliphatic carbocycles. The van der Waals surface area contributed by atoms with Crippen LogP contribution in [0.5, 0.6) is 5.75 Å². The number of phenolic OH excluding ortho intramolecular Hbond substituents is 1. The molecule has 7 aromatic rings. The van der Waals surface area contributed by atoms with Crippen molar-refractivity contribution >= 4 is 32.7 Å². The molecule has 0 radical (unpaired) electrons. The van der Waals surface area contributed by atoms with E-state index in [2.05, 4.69) is 92.1 Å². The summed E-state index contributed by atoms with van der Waals surface area (Å²) in [6, 6.07) is 38.5. The molecule has 0 amide bonds. The predicted molar refractivity (Wildman–Crippen MR) is 164 cm³/mol. The normalized spacial score (nSPS) is 11.7. The molecule has 0 unspecified atom stereocenters. The Morgan fingerprint density at radius 2 is 1.46 bits per heavy atom. The molecule has 4 aromatic carbocycles. The molecular formula is C36H28N3OPt-. The molecule has 3 heterocycles. The number of aromatic hydroxyl groups is 1. The van der Waals surface area contributed by atoms with Crippen molar-refractivity contribution in [2.45, 2.75) is 26.2 Å². The Kier molecular flexibility index (Phi) is 6.75. The van der Waals surface area contributed by atoms with Gasteiger partial charge in [-0.05, 0) is 58.8 Å². The molecule has 5 heteroatoms. The van der Waals surface area contributed by atoms with Crippen LogP contribution in [-0.4, -0.2) is 19.6 Å². The van der Waals surface area contributed by atoms with Gasteiger partial charge in [-0.15, -0.1) is 17.7 Å². The Balaban J connectivity index is 0.00000302. The Morgan fingerprint density at radius 1 is 0.732 bits per heavy atom. The number of fused-ring (bicyclic) bond motifs is 4. The first-order chi connectivity index (χ1) is 19.4. The van der Waals surface area contributed by atoms with Crippen LogP contribution in [0.1, 0.15) is 26.3 Å². The fourth-order valence-electron chi connectivity index (χ4n) is 5.50. The topological polar surface area (TPSA) is 50.9 Å². The number of phenols is 1. The van der Waals surface area contributed by atoms with E-state index in [0.29, 0.717) is 0 Å². The summed E-state index contributed by atoms with van der Waals surface area (Å²) in [6.07, 6.45) is 1.84. The molecule has 7 rings (SSSR count). The minimum Gasteiger partial charge on any atom is -0.507 e. The third-order valence-corrected chi connectivity index (χ3v) is 7.59. The zero-order valence-electron chi connectivity index (χ0n) is 23.0. The van der Waals surface area contributed by atoms with Crippen LogP contribution in [0.25, 0.3) is 60.9 Å². The molecule has 0 saturated heterocycles. The molecule has 0 spiro atoms. The number of aromatic nitrogens is 3. The van der Waals surface area contributed by atoms with Crippen molar-refractivity contribution in [1.29, 1.82) is 0 Å². The van der Waals surface area contributed by atoms with Gasteiger partial charge in [0, 0.05) is 43.6 Å². The third-order valence-electron chi connectivity index (χ3n) is 7.59. The first-order valence-corrected chi connectivity index (χ1v) is 13.5. The van der Waals surface area contributed by atoms with Crippen LogP contribution in [0.2, 0.25) is 0 Å². The van der Waals surface area contributed by atoms with Crippen LogP contribution in [0.3, 0.4) is 0 Å². The van der Waals surface area contributed by atoms with Gasteiger partial charge in [0.2, 0.25) is 0 Å². The summed E-state index contributed by atoms with van der Waals surface area (Å²) in [6.45, 7) is 6.51. The molecule has 204 valence electrons. The predicted octanol–water partition coefficient (Wildman–Crippen LogP) is 8.86. The van der Waals surface area contributed by atoms with E-state index in [-0.39, 0.29) is 32.2 Å². The number of benzene rings is 4. The minimum absolute atomic E-state index is 0. The van der Waals surface area contributed by atoms with Crippen molar-refractivity contribution < 1.29 is 26.2 Å². The van der Waals surface area contributed by atoms with Gasteiger partial charge >= 0.3 is 0 Å². The average Bonchev–Trinajstić information content (AvgIpc) is 3.30. The Bertz CT molecular complexity index is 2020. The van der Waals surface area contributed by atoms with E-state index in [0.717, 1.165) is 66.5 Å². The van der Waals surface area contributed by atoms with Gasteiger partial charge < -0.3 is 9.67 Å². The zero-order chi connectivity index (χ0) is 27.4. The Morgan fingerprint density at radius 3 is 2.29 bits per heavy atom. The maximum Gasteiger partial charge on any atom is 0.144 e. The summed E-state index contributed by atoms with van der Waals surface area (Å²) >= 11 is 0. The first-order valence-electron chi connectivity index (χ1n) is 13.5. The maximum atomic E-state index is 10.8. The van der Waals surface area contributed by atoms with Gasteiger partial charge in [-0.3, -0.25) is 4.98 Å². The minimum atomic E-state index is -0.0442. The molecule has 0 fully saturated rings. The standard InChI is InChI=1S/C36H28N3O.Pt/c1-36(2,3)25-17-18-34(40)29(22-25)31-15-8-14-30(38-31)24-20-23-10-4-5-11-26(23)33(21-24)39-32-16-7-6-12-27(32)28-13-9-19-37-35(28)39;/h4-20,22,40H,1-3H3;/q-1;. The van der Waals surface area contributed by atoms with Gasteiger partial charge in [-0.25, -0.2) is 4.98 Å². The van der Waals surface area contributed by atoms with E-state index in [1.54, 1.807) is 6.07 Å². The molecule has 0 bridgehead atoms. The molecule has 41 heavy (non-hydrogen) atoms. The van der Waals surface area contributed by atoms with E-state index in [1.807, 2.05) is 42.6 Å². The largest absolute Gasteiger partial charge is 0.507 e. The van der Waals surface area contributed by atoms with E-state index in [1.165, 1.54) is 0 Å². The van der Waals surface area contributed by atoms with Gasteiger partial charge in [0.1, 0.15) is 11.4 Å². The third kappa shape index (κ3) is 4.63. The summed E-state index contributed by atoms with van der Waals surface area (Å²) < 4.78 is 2.21. The first kappa shape index (κ1) is 26.9. The fraction of sp³-hybridized carbons (Fsp3) is 0.111. The van der Waals surface area contributed by atoms with E-state index in [4.69, 9.17) is 9.97 Å². The van der Waals surface area contributed by atoms with Crippen LogP contribution in [0.4, 0.5) is 0 Å². The number of hydrogen-bond donors (Lipinski definition) is 1. The monoisotopic (exact) mass is 713 g/mol. The van der Waals surface area contributed by atoms with E-state index < -0.39 is 0 Å². The van der Waals surface area contributed by atoms with E-state index in [9.17, 15) is 5.11 Å². The molecule has 3 aromatic heterocycles. The average molecular weight is 714 g/mol. The van der Waals surface area contributed by atoms with Gasteiger partial charge in [0.25, 0.3) is 0 Å². The van der Waals surface area contributed by atoms with Crippen molar-refractivity contribution in [1.82, 2.24) is 14.5 Å². The number of hydrogen-bond acceptors (Lipinski definition) is 3. The maximum absolute atomic E-state index is 10.8. The number of pyridine rings is 2. The fourth-order valence-corrected chi connectivity index (χ4v) is 5.50. The van der Waals surface area contributed by atoms with E-state index >= 15 is 0 Å². The quantitative estimate of drug-likeness (QED) is 0.186. The molecule has 0 aliphatic heterocycles. The zero-order valence-corrected chi connectivity index (χ0v) is 25.3. The van der Waals surface area contributed by atoms with Crippen molar-refractivity contribution in [2.75, 3.05) is 0 Å². The van der Waals surface area contributed by atoms with Gasteiger partial charge in [0.15, 0.2) is 0 Å². The summed E-state index contributed by atoms with van der Waals surface area (Å²) in [5.41, 5.74) is 7.13. The number of para-hydroxylation sites is 1. The van der Waals surface area contributed by atoms with Crippen LogP contribution >= 0.6 is 0 Å².